The molecule has 0 fully saturated rings. The van der Waals surface area contributed by atoms with Crippen LogP contribution in [0.1, 0.15) is 5.56 Å². The molecule has 4 nitrogen and oxygen atoms in total. The van der Waals surface area contributed by atoms with E-state index in [0.29, 0.717) is 12.1 Å². The number of halogens is 1. The van der Waals surface area contributed by atoms with Gasteiger partial charge in [0.15, 0.2) is 0 Å². The quantitative estimate of drug-likeness (QED) is 0.822. The molecule has 0 spiro atoms. The van der Waals surface area contributed by atoms with Gasteiger partial charge in [0.1, 0.15) is 0 Å². The number of nitrogens with zero attached hydrogens (tertiary/aromatic N) is 1. The van der Waals surface area contributed by atoms with Gasteiger partial charge >= 0.3 is 0 Å². The summed E-state index contributed by atoms with van der Waals surface area (Å²) in [6.45, 7) is 0. The zero-order valence-corrected chi connectivity index (χ0v) is 10.2. The molecule has 1 heterocycles. The number of hydrogen-bond donors (Lipinski definition) is 2. The van der Waals surface area contributed by atoms with Crippen molar-refractivity contribution < 1.29 is 9.18 Å². The van der Waals surface area contributed by atoms with Gasteiger partial charge in [0.25, 0.3) is 0 Å². The van der Waals surface area contributed by atoms with E-state index in [9.17, 15) is 9.18 Å². The van der Waals surface area contributed by atoms with Crippen LogP contribution >= 0.6 is 0 Å². The lowest BCUT2D eigenvalue weighted by Crippen LogP contribution is -2.37. The minimum atomic E-state index is -0.660. The molecule has 1 aromatic carbocycles. The number of nitrogens with two attached hydrogens (primary N) is 1. The van der Waals surface area contributed by atoms with Gasteiger partial charge in [-0.1, -0.05) is 30.3 Å². The molecule has 0 bridgehead atoms. The smallest absolute Gasteiger partial charge is 0.241 e. The van der Waals surface area contributed by atoms with Crippen molar-refractivity contribution in [2.75, 3.05) is 5.32 Å². The second-order valence-corrected chi connectivity index (χ2v) is 4.16. The molecule has 19 heavy (non-hydrogen) atoms. The van der Waals surface area contributed by atoms with E-state index in [1.807, 2.05) is 30.3 Å². The molecule has 2 rings (SSSR count). The van der Waals surface area contributed by atoms with Crippen molar-refractivity contribution in [1.29, 1.82) is 0 Å². The van der Waals surface area contributed by atoms with Crippen molar-refractivity contribution in [3.63, 3.8) is 0 Å². The first-order valence-corrected chi connectivity index (χ1v) is 5.87. The van der Waals surface area contributed by atoms with E-state index in [2.05, 4.69) is 10.3 Å². The zero-order chi connectivity index (χ0) is 13.7. The Labute approximate surface area is 110 Å². The van der Waals surface area contributed by atoms with Gasteiger partial charge in [-0.3, -0.25) is 4.79 Å². The average Bonchev–Trinajstić information content (AvgIpc) is 2.42. The number of carbonyl (C=O) groups is 1. The van der Waals surface area contributed by atoms with Gasteiger partial charge in [-0.2, -0.15) is 4.39 Å². The van der Waals surface area contributed by atoms with Gasteiger partial charge in [-0.15, -0.1) is 0 Å². The third kappa shape index (κ3) is 3.86. The molecular formula is C14H14FN3O. The Bertz CT molecular complexity index is 542. The largest absolute Gasteiger partial charge is 0.323 e. The summed E-state index contributed by atoms with van der Waals surface area (Å²) in [5, 5.41) is 2.60. The first-order valence-electron chi connectivity index (χ1n) is 5.87. The first kappa shape index (κ1) is 13.2. The number of aromatic nitrogens is 1. The number of rotatable bonds is 4. The van der Waals surface area contributed by atoms with Crippen molar-refractivity contribution in [2.24, 2.45) is 5.73 Å². The van der Waals surface area contributed by atoms with Crippen LogP contribution in [0.25, 0.3) is 0 Å². The number of hydrogen-bond acceptors (Lipinski definition) is 3. The lowest BCUT2D eigenvalue weighted by atomic mass is 10.1. The Morgan fingerprint density at radius 3 is 2.63 bits per heavy atom. The summed E-state index contributed by atoms with van der Waals surface area (Å²) >= 11 is 0. The molecule has 1 amide bonds. The van der Waals surface area contributed by atoms with Crippen LogP contribution in [0.2, 0.25) is 0 Å². The third-order valence-electron chi connectivity index (χ3n) is 2.63. The lowest BCUT2D eigenvalue weighted by Gasteiger charge is -2.12. The normalized spacial score (nSPS) is 11.9. The maximum Gasteiger partial charge on any atom is 0.241 e. The molecule has 0 saturated heterocycles. The van der Waals surface area contributed by atoms with Crippen molar-refractivity contribution in [2.45, 2.75) is 12.5 Å². The second kappa shape index (κ2) is 6.06. The van der Waals surface area contributed by atoms with Gasteiger partial charge in [0.05, 0.1) is 17.9 Å². The lowest BCUT2D eigenvalue weighted by molar-refractivity contribution is -0.117. The summed E-state index contributed by atoms with van der Waals surface area (Å²) in [6.07, 6.45) is 1.70. The van der Waals surface area contributed by atoms with Gasteiger partial charge in [-0.05, 0) is 24.1 Å². The molecule has 0 aliphatic heterocycles. The number of benzene rings is 1. The molecule has 3 N–H and O–H groups in total. The fourth-order valence-electron chi connectivity index (χ4n) is 1.65. The summed E-state index contributed by atoms with van der Waals surface area (Å²) in [5.41, 5.74) is 7.23. The Kier molecular flexibility index (Phi) is 4.20. The molecule has 5 heteroatoms. The van der Waals surface area contributed by atoms with Gasteiger partial charge in [0.2, 0.25) is 11.9 Å². The number of nitrogens with one attached hydrogen (secondary N) is 1. The van der Waals surface area contributed by atoms with Crippen molar-refractivity contribution in [3.8, 4) is 0 Å². The van der Waals surface area contributed by atoms with Crippen molar-refractivity contribution in [1.82, 2.24) is 4.98 Å². The molecule has 0 aliphatic rings. The topological polar surface area (TPSA) is 68.0 Å². The van der Waals surface area contributed by atoms with Gasteiger partial charge < -0.3 is 11.1 Å². The summed E-state index contributed by atoms with van der Waals surface area (Å²) in [4.78, 5) is 15.3. The second-order valence-electron chi connectivity index (χ2n) is 4.16. The Hall–Kier alpha value is -2.27. The maximum absolute atomic E-state index is 12.6. The summed E-state index contributed by atoms with van der Waals surface area (Å²) in [5.74, 6) is -0.913. The highest BCUT2D eigenvalue weighted by molar-refractivity contribution is 5.94. The van der Waals surface area contributed by atoms with Crippen LogP contribution in [0, 0.1) is 5.95 Å². The molecule has 0 radical (unpaired) electrons. The minimum absolute atomic E-state index is 0.322. The van der Waals surface area contributed by atoms with Crippen LogP contribution in [0.4, 0.5) is 10.1 Å². The Morgan fingerprint density at radius 2 is 2.00 bits per heavy atom. The highest BCUT2D eigenvalue weighted by Crippen LogP contribution is 2.07. The third-order valence-corrected chi connectivity index (χ3v) is 2.63. The molecule has 0 aliphatic carbocycles. The highest BCUT2D eigenvalue weighted by atomic mass is 19.1. The van der Waals surface area contributed by atoms with E-state index in [-0.39, 0.29) is 5.91 Å². The van der Waals surface area contributed by atoms with E-state index in [0.717, 1.165) is 5.56 Å². The minimum Gasteiger partial charge on any atom is -0.323 e. The number of carbonyl (C=O) groups excluding carboxylic acids is 1. The van der Waals surface area contributed by atoms with Crippen molar-refractivity contribution >= 4 is 11.6 Å². The number of amides is 1. The SMILES string of the molecule is N[C@H](Cc1ccccc1)C(=O)Nc1ccc(F)nc1. The van der Waals surface area contributed by atoms with Gasteiger partial charge in [0, 0.05) is 0 Å². The Morgan fingerprint density at radius 1 is 1.26 bits per heavy atom. The van der Waals surface area contributed by atoms with Crippen LogP contribution < -0.4 is 11.1 Å². The summed E-state index contributed by atoms with van der Waals surface area (Å²) < 4.78 is 12.6. The van der Waals surface area contributed by atoms with Crippen LogP contribution in [0.3, 0.4) is 0 Å². The average molecular weight is 259 g/mol. The fraction of sp³-hybridized carbons (Fsp3) is 0.143. The zero-order valence-electron chi connectivity index (χ0n) is 10.2. The number of anilines is 1. The molecular weight excluding hydrogens is 245 g/mol. The predicted molar refractivity (Wildman–Crippen MR) is 70.9 cm³/mol. The molecule has 0 unspecified atom stereocenters. The standard InChI is InChI=1S/C14H14FN3O/c15-13-7-6-11(9-17-13)18-14(19)12(16)8-10-4-2-1-3-5-10/h1-7,9,12H,8,16H2,(H,18,19)/t12-/m1/s1. The van der Waals surface area contributed by atoms with E-state index in [4.69, 9.17) is 5.73 Å². The highest BCUT2D eigenvalue weighted by Gasteiger charge is 2.14. The maximum atomic E-state index is 12.6. The van der Waals surface area contributed by atoms with E-state index >= 15 is 0 Å². The monoisotopic (exact) mass is 259 g/mol. The molecule has 1 atom stereocenters. The Balaban J connectivity index is 1.94. The molecule has 2 aromatic rings. The van der Waals surface area contributed by atoms with Crippen molar-refractivity contribution in [3.05, 3.63) is 60.2 Å². The fourth-order valence-corrected chi connectivity index (χ4v) is 1.65. The van der Waals surface area contributed by atoms with E-state index < -0.39 is 12.0 Å². The summed E-state index contributed by atoms with van der Waals surface area (Å²) in [6, 6.07) is 11.5. The van der Waals surface area contributed by atoms with E-state index in [1.54, 1.807) is 0 Å². The van der Waals surface area contributed by atoms with Crippen LogP contribution in [-0.2, 0) is 11.2 Å². The predicted octanol–water partition coefficient (Wildman–Crippen LogP) is 1.73. The molecule has 0 saturated carbocycles. The van der Waals surface area contributed by atoms with Gasteiger partial charge in [-0.25, -0.2) is 4.98 Å². The first-order chi connectivity index (χ1) is 9.15. The van der Waals surface area contributed by atoms with Crippen LogP contribution in [0.15, 0.2) is 48.7 Å². The number of pyridine rings is 1. The van der Waals surface area contributed by atoms with Crippen LogP contribution in [-0.4, -0.2) is 16.9 Å². The molecule has 1 aromatic heterocycles. The van der Waals surface area contributed by atoms with Crippen LogP contribution in [0.5, 0.6) is 0 Å². The summed E-state index contributed by atoms with van der Waals surface area (Å²) in [7, 11) is 0. The van der Waals surface area contributed by atoms with E-state index in [1.165, 1.54) is 18.3 Å². The molecule has 98 valence electrons.